The highest BCUT2D eigenvalue weighted by atomic mass is 32.2. The predicted octanol–water partition coefficient (Wildman–Crippen LogP) is 3.11. The molecule has 0 saturated heterocycles. The van der Waals surface area contributed by atoms with Gasteiger partial charge in [-0.3, -0.25) is 0 Å². The number of ether oxygens (including phenoxy) is 2. The summed E-state index contributed by atoms with van der Waals surface area (Å²) in [5, 5.41) is 0. The zero-order valence-electron chi connectivity index (χ0n) is 14.0. The summed E-state index contributed by atoms with van der Waals surface area (Å²) in [6, 6.07) is 10.3. The molecule has 0 fully saturated rings. The van der Waals surface area contributed by atoms with Gasteiger partial charge in [0.15, 0.2) is 11.5 Å². The number of hydrogen-bond donors (Lipinski definition) is 1. The first-order valence-electron chi connectivity index (χ1n) is 7.86. The highest BCUT2D eigenvalue weighted by molar-refractivity contribution is 7.89. The smallest absolute Gasteiger partial charge is 0.241 e. The van der Waals surface area contributed by atoms with E-state index < -0.39 is 10.0 Å². The van der Waals surface area contributed by atoms with Gasteiger partial charge in [0.2, 0.25) is 10.0 Å². The standard InChI is InChI=1S/C18H21NO4S/c1-12-4-6-16(13(2)10-12)14(3)19-24(20,21)15-5-7-17-18(11-15)23-9-8-22-17/h4-7,10-11,14,19H,8-9H2,1-3H3/t14-/m0/s1. The van der Waals surface area contributed by atoms with E-state index in [2.05, 4.69) is 4.72 Å². The molecule has 1 heterocycles. The molecule has 1 aliphatic heterocycles. The van der Waals surface area contributed by atoms with Crippen molar-refractivity contribution in [1.82, 2.24) is 4.72 Å². The van der Waals surface area contributed by atoms with Gasteiger partial charge in [0, 0.05) is 12.1 Å². The SMILES string of the molecule is Cc1ccc([C@H](C)NS(=O)(=O)c2ccc3c(c2)OCCO3)c(C)c1. The lowest BCUT2D eigenvalue weighted by Crippen LogP contribution is -2.27. The number of fused-ring (bicyclic) bond motifs is 1. The molecule has 2 aromatic rings. The zero-order chi connectivity index (χ0) is 17.3. The summed E-state index contributed by atoms with van der Waals surface area (Å²) >= 11 is 0. The van der Waals surface area contributed by atoms with Crippen LogP contribution in [0.1, 0.15) is 29.7 Å². The van der Waals surface area contributed by atoms with Crippen LogP contribution in [0.15, 0.2) is 41.3 Å². The Balaban J connectivity index is 1.85. The van der Waals surface area contributed by atoms with Crippen LogP contribution >= 0.6 is 0 Å². The van der Waals surface area contributed by atoms with Crippen LogP contribution in [-0.2, 0) is 10.0 Å². The van der Waals surface area contributed by atoms with E-state index in [0.717, 1.165) is 16.7 Å². The summed E-state index contributed by atoms with van der Waals surface area (Å²) in [7, 11) is -3.65. The average molecular weight is 347 g/mol. The van der Waals surface area contributed by atoms with Gasteiger partial charge in [-0.05, 0) is 44.0 Å². The maximum Gasteiger partial charge on any atom is 0.241 e. The maximum absolute atomic E-state index is 12.7. The lowest BCUT2D eigenvalue weighted by atomic mass is 10.0. The van der Waals surface area contributed by atoms with Crippen LogP contribution in [0, 0.1) is 13.8 Å². The molecule has 24 heavy (non-hydrogen) atoms. The van der Waals surface area contributed by atoms with Crippen molar-refractivity contribution in [2.45, 2.75) is 31.7 Å². The lowest BCUT2D eigenvalue weighted by molar-refractivity contribution is 0.171. The van der Waals surface area contributed by atoms with Crippen molar-refractivity contribution in [1.29, 1.82) is 0 Å². The minimum Gasteiger partial charge on any atom is -0.486 e. The number of sulfonamides is 1. The van der Waals surface area contributed by atoms with Crippen LogP contribution in [0.4, 0.5) is 0 Å². The second-order valence-electron chi connectivity index (χ2n) is 6.01. The van der Waals surface area contributed by atoms with E-state index in [0.29, 0.717) is 24.7 Å². The molecule has 6 heteroatoms. The van der Waals surface area contributed by atoms with Crippen molar-refractivity contribution in [3.05, 3.63) is 53.1 Å². The first kappa shape index (κ1) is 16.8. The zero-order valence-corrected chi connectivity index (χ0v) is 14.8. The highest BCUT2D eigenvalue weighted by Crippen LogP contribution is 2.32. The van der Waals surface area contributed by atoms with Crippen LogP contribution < -0.4 is 14.2 Å². The monoisotopic (exact) mass is 347 g/mol. The van der Waals surface area contributed by atoms with Crippen LogP contribution in [0.25, 0.3) is 0 Å². The van der Waals surface area contributed by atoms with E-state index in [-0.39, 0.29) is 10.9 Å². The largest absolute Gasteiger partial charge is 0.486 e. The van der Waals surface area contributed by atoms with Crippen molar-refractivity contribution >= 4 is 10.0 Å². The van der Waals surface area contributed by atoms with E-state index >= 15 is 0 Å². The number of rotatable bonds is 4. The fourth-order valence-electron chi connectivity index (χ4n) is 2.87. The number of aryl methyl sites for hydroxylation is 2. The molecule has 0 unspecified atom stereocenters. The Morgan fingerprint density at radius 1 is 1.00 bits per heavy atom. The van der Waals surface area contributed by atoms with Gasteiger partial charge in [-0.25, -0.2) is 13.1 Å². The average Bonchev–Trinajstić information content (AvgIpc) is 2.53. The van der Waals surface area contributed by atoms with Crippen LogP contribution in [-0.4, -0.2) is 21.6 Å². The third-order valence-electron chi connectivity index (χ3n) is 4.05. The van der Waals surface area contributed by atoms with Gasteiger partial charge in [0.1, 0.15) is 13.2 Å². The summed E-state index contributed by atoms with van der Waals surface area (Å²) in [6.07, 6.45) is 0. The van der Waals surface area contributed by atoms with Crippen molar-refractivity contribution in [3.63, 3.8) is 0 Å². The second-order valence-corrected chi connectivity index (χ2v) is 7.72. The molecule has 128 valence electrons. The van der Waals surface area contributed by atoms with Gasteiger partial charge in [-0.1, -0.05) is 23.8 Å². The molecular formula is C18H21NO4S. The molecule has 1 aliphatic rings. The first-order valence-corrected chi connectivity index (χ1v) is 9.34. The Morgan fingerprint density at radius 3 is 2.42 bits per heavy atom. The third-order valence-corrected chi connectivity index (χ3v) is 5.59. The van der Waals surface area contributed by atoms with E-state index in [1.807, 2.05) is 39.0 Å². The minimum atomic E-state index is -3.65. The molecule has 0 aliphatic carbocycles. The van der Waals surface area contributed by atoms with E-state index in [4.69, 9.17) is 9.47 Å². The van der Waals surface area contributed by atoms with Crippen molar-refractivity contribution < 1.29 is 17.9 Å². The molecule has 0 bridgehead atoms. The van der Waals surface area contributed by atoms with Gasteiger partial charge in [-0.2, -0.15) is 0 Å². The minimum absolute atomic E-state index is 0.170. The summed E-state index contributed by atoms with van der Waals surface area (Å²) in [5.74, 6) is 1.03. The molecule has 3 rings (SSSR count). The topological polar surface area (TPSA) is 64.6 Å². The Hall–Kier alpha value is -2.05. The number of nitrogens with one attached hydrogen (secondary N) is 1. The summed E-state index contributed by atoms with van der Waals surface area (Å²) < 4.78 is 39.0. The van der Waals surface area contributed by atoms with Gasteiger partial charge in [0.05, 0.1) is 4.90 Å². The van der Waals surface area contributed by atoms with E-state index in [1.54, 1.807) is 6.07 Å². The van der Waals surface area contributed by atoms with E-state index in [9.17, 15) is 8.42 Å². The van der Waals surface area contributed by atoms with Crippen LogP contribution in [0.3, 0.4) is 0 Å². The fraction of sp³-hybridized carbons (Fsp3) is 0.333. The molecule has 0 amide bonds. The predicted molar refractivity (Wildman–Crippen MR) is 92.1 cm³/mol. The number of hydrogen-bond acceptors (Lipinski definition) is 4. The molecule has 5 nitrogen and oxygen atoms in total. The Labute approximate surface area is 142 Å². The van der Waals surface area contributed by atoms with Crippen LogP contribution in [0.2, 0.25) is 0 Å². The summed E-state index contributed by atoms with van der Waals surface area (Å²) in [5.41, 5.74) is 3.17. The maximum atomic E-state index is 12.7. The van der Waals surface area contributed by atoms with Gasteiger partial charge >= 0.3 is 0 Å². The molecule has 0 saturated carbocycles. The Morgan fingerprint density at radius 2 is 1.71 bits per heavy atom. The number of benzene rings is 2. The second kappa shape index (κ2) is 6.45. The quantitative estimate of drug-likeness (QED) is 0.923. The van der Waals surface area contributed by atoms with Gasteiger partial charge in [0.25, 0.3) is 0 Å². The van der Waals surface area contributed by atoms with E-state index in [1.165, 1.54) is 12.1 Å². The molecular weight excluding hydrogens is 326 g/mol. The third kappa shape index (κ3) is 3.39. The van der Waals surface area contributed by atoms with Crippen molar-refractivity contribution in [3.8, 4) is 11.5 Å². The molecule has 0 radical (unpaired) electrons. The van der Waals surface area contributed by atoms with Gasteiger partial charge in [-0.15, -0.1) is 0 Å². The van der Waals surface area contributed by atoms with Crippen LogP contribution in [0.5, 0.6) is 11.5 Å². The Kier molecular flexibility index (Phi) is 4.51. The summed E-state index contributed by atoms with van der Waals surface area (Å²) in [4.78, 5) is 0.170. The fourth-order valence-corrected chi connectivity index (χ4v) is 4.10. The molecule has 1 N–H and O–H groups in total. The molecule has 2 aromatic carbocycles. The molecule has 0 aromatic heterocycles. The molecule has 1 atom stereocenters. The van der Waals surface area contributed by atoms with Crippen molar-refractivity contribution in [2.75, 3.05) is 13.2 Å². The lowest BCUT2D eigenvalue weighted by Gasteiger charge is -2.20. The summed E-state index contributed by atoms with van der Waals surface area (Å²) in [6.45, 7) is 6.73. The van der Waals surface area contributed by atoms with Crippen molar-refractivity contribution in [2.24, 2.45) is 0 Å². The first-order chi connectivity index (χ1) is 11.4. The Bertz CT molecular complexity index is 861. The highest BCUT2D eigenvalue weighted by Gasteiger charge is 2.22. The van der Waals surface area contributed by atoms with Gasteiger partial charge < -0.3 is 9.47 Å². The normalized spacial score (nSPS) is 15.1. The molecule has 0 spiro atoms.